The van der Waals surface area contributed by atoms with E-state index in [9.17, 15) is 33.9 Å². The molecule has 4 N–H and O–H groups in total. The summed E-state index contributed by atoms with van der Waals surface area (Å²) in [5.74, 6) is 0. The van der Waals surface area contributed by atoms with Gasteiger partial charge in [-0.1, -0.05) is 0 Å². The van der Waals surface area contributed by atoms with Crippen LogP contribution in [-0.2, 0) is 22.7 Å². The maximum atomic E-state index is 11.8. The molecule has 0 aromatic carbocycles. The van der Waals surface area contributed by atoms with E-state index in [0.717, 1.165) is 10.9 Å². The van der Waals surface area contributed by atoms with E-state index in [-0.39, 0.29) is 15.9 Å². The number of aliphatic hydroxyl groups is 2. The zero-order valence-corrected chi connectivity index (χ0v) is 16.7. The second-order valence-corrected chi connectivity index (χ2v) is 8.95. The molecule has 6 atom stereocenters. The standard InChI is InChI=1S/C10H13BrN4O11P2/c11-10-14-4-7(12-2-13-8(4)18)15(10)9-6(17)5(16)3(25-9)1-24-28(22,23)26-27(19,20)21/h2-3,5-6,9,16-17H,1H2,(H,22,23)(H,12,13,18)(H2,19,20,21)/p-2. The van der Waals surface area contributed by atoms with Gasteiger partial charge in [0.25, 0.3) is 21.2 Å². The Labute approximate surface area is 162 Å². The molecule has 1 aliphatic heterocycles. The summed E-state index contributed by atoms with van der Waals surface area (Å²) in [5.41, 5.74) is -0.669. The van der Waals surface area contributed by atoms with Crippen molar-refractivity contribution >= 4 is 42.7 Å². The molecule has 0 radical (unpaired) electrons. The second kappa shape index (κ2) is 7.66. The predicted octanol–water partition coefficient (Wildman–Crippen LogP) is -2.54. The Morgan fingerprint density at radius 1 is 1.36 bits per heavy atom. The number of aliphatic hydroxyl groups excluding tert-OH is 2. The fraction of sp³-hybridized carbons (Fsp3) is 0.500. The topological polar surface area (TPSA) is 232 Å². The minimum Gasteiger partial charge on any atom is -0.756 e. The highest BCUT2D eigenvalue weighted by Gasteiger charge is 2.45. The van der Waals surface area contributed by atoms with E-state index in [4.69, 9.17) is 9.63 Å². The van der Waals surface area contributed by atoms with Crippen molar-refractivity contribution in [2.24, 2.45) is 0 Å². The lowest BCUT2D eigenvalue weighted by Gasteiger charge is -2.28. The van der Waals surface area contributed by atoms with Gasteiger partial charge in [-0.05, 0) is 15.9 Å². The van der Waals surface area contributed by atoms with Crippen molar-refractivity contribution in [3.05, 3.63) is 21.4 Å². The highest BCUT2D eigenvalue weighted by Crippen LogP contribution is 2.52. The van der Waals surface area contributed by atoms with Crippen LogP contribution in [0.1, 0.15) is 6.23 Å². The molecule has 2 aromatic rings. The molecule has 6 unspecified atom stereocenters. The van der Waals surface area contributed by atoms with Crippen LogP contribution in [0.4, 0.5) is 0 Å². The van der Waals surface area contributed by atoms with Crippen LogP contribution in [0, 0.1) is 0 Å². The van der Waals surface area contributed by atoms with Crippen molar-refractivity contribution in [2.75, 3.05) is 6.61 Å². The van der Waals surface area contributed by atoms with Crippen LogP contribution >= 0.6 is 31.6 Å². The van der Waals surface area contributed by atoms with Crippen LogP contribution in [0.5, 0.6) is 0 Å². The maximum Gasteiger partial charge on any atom is 0.278 e. The zero-order valence-electron chi connectivity index (χ0n) is 13.3. The SMILES string of the molecule is O=c1[nH]cnc2c1nc(Br)n2C1OC(COP(=O)([O-])OP(=O)([O-])O)C(O)C1O. The van der Waals surface area contributed by atoms with Crippen molar-refractivity contribution in [2.45, 2.75) is 24.5 Å². The van der Waals surface area contributed by atoms with E-state index < -0.39 is 52.4 Å². The number of aromatic amines is 1. The normalized spacial score (nSPS) is 29.6. The molecular weight excluding hydrogens is 494 g/mol. The molecule has 156 valence electrons. The minimum absolute atomic E-state index is 0.00107. The van der Waals surface area contributed by atoms with Crippen LogP contribution in [0.2, 0.25) is 0 Å². The summed E-state index contributed by atoms with van der Waals surface area (Å²) in [6, 6.07) is 0. The number of hydrogen-bond donors (Lipinski definition) is 4. The first-order valence-electron chi connectivity index (χ1n) is 7.23. The molecule has 3 heterocycles. The summed E-state index contributed by atoms with van der Waals surface area (Å²) in [4.78, 5) is 52.2. The largest absolute Gasteiger partial charge is 0.756 e. The van der Waals surface area contributed by atoms with Gasteiger partial charge in [-0.15, -0.1) is 0 Å². The van der Waals surface area contributed by atoms with Gasteiger partial charge in [-0.25, -0.2) is 14.3 Å². The summed E-state index contributed by atoms with van der Waals surface area (Å²) in [6.07, 6.45) is -5.03. The number of nitrogens with one attached hydrogen (secondary N) is 1. The average molecular weight is 505 g/mol. The van der Waals surface area contributed by atoms with Crippen molar-refractivity contribution in [3.8, 4) is 0 Å². The first kappa shape index (κ1) is 21.7. The number of aromatic nitrogens is 4. The molecule has 0 bridgehead atoms. The third-order valence-corrected chi connectivity index (χ3v) is 6.28. The summed E-state index contributed by atoms with van der Waals surface area (Å²) in [7, 11) is -11.1. The third-order valence-electron chi connectivity index (χ3n) is 3.63. The number of H-pyrrole nitrogens is 1. The van der Waals surface area contributed by atoms with Gasteiger partial charge in [0.1, 0.15) is 18.3 Å². The lowest BCUT2D eigenvalue weighted by Crippen LogP contribution is -2.34. The van der Waals surface area contributed by atoms with Gasteiger partial charge in [0.05, 0.1) is 12.9 Å². The number of fused-ring (bicyclic) bond motifs is 1. The smallest absolute Gasteiger partial charge is 0.278 e. The number of phosphoric acid groups is 2. The number of ether oxygens (including phenoxy) is 1. The molecule has 1 aliphatic rings. The molecule has 15 nitrogen and oxygen atoms in total. The van der Waals surface area contributed by atoms with E-state index in [1.54, 1.807) is 0 Å². The van der Waals surface area contributed by atoms with Crippen molar-refractivity contribution in [1.82, 2.24) is 19.5 Å². The summed E-state index contributed by atoms with van der Waals surface area (Å²) in [5, 5.41) is 20.3. The minimum atomic E-state index is -5.63. The molecule has 1 fully saturated rings. The predicted molar refractivity (Wildman–Crippen MR) is 86.2 cm³/mol. The fourth-order valence-electron chi connectivity index (χ4n) is 2.51. The Balaban J connectivity index is 1.81. The second-order valence-electron chi connectivity index (χ2n) is 5.49. The summed E-state index contributed by atoms with van der Waals surface area (Å²) >= 11 is 3.07. The molecule has 0 aliphatic carbocycles. The molecule has 0 spiro atoms. The van der Waals surface area contributed by atoms with Gasteiger partial charge in [-0.2, -0.15) is 0 Å². The van der Waals surface area contributed by atoms with Crippen LogP contribution in [-0.4, -0.2) is 59.5 Å². The van der Waals surface area contributed by atoms with Crippen LogP contribution in [0.3, 0.4) is 0 Å². The summed E-state index contributed by atoms with van der Waals surface area (Å²) in [6.45, 7) is -0.951. The van der Waals surface area contributed by atoms with Crippen molar-refractivity contribution in [3.63, 3.8) is 0 Å². The van der Waals surface area contributed by atoms with E-state index in [1.165, 1.54) is 0 Å². The van der Waals surface area contributed by atoms with Gasteiger partial charge >= 0.3 is 0 Å². The first-order chi connectivity index (χ1) is 12.9. The quantitative estimate of drug-likeness (QED) is 0.235. The number of nitrogens with zero attached hydrogens (tertiary/aromatic N) is 3. The summed E-state index contributed by atoms with van der Waals surface area (Å²) < 4.78 is 36.0. The molecule has 28 heavy (non-hydrogen) atoms. The van der Waals surface area contributed by atoms with E-state index in [0.29, 0.717) is 0 Å². The Bertz CT molecular complexity index is 1040. The molecule has 0 amide bonds. The third kappa shape index (κ3) is 4.42. The van der Waals surface area contributed by atoms with Crippen molar-refractivity contribution in [1.29, 1.82) is 0 Å². The molecular formula is C10H11BrN4O11P2-2. The Hall–Kier alpha value is -1.03. The highest BCUT2D eigenvalue weighted by atomic mass is 79.9. The highest BCUT2D eigenvalue weighted by molar-refractivity contribution is 9.10. The van der Waals surface area contributed by atoms with Crippen molar-refractivity contribution < 1.29 is 47.6 Å². The van der Waals surface area contributed by atoms with Gasteiger partial charge in [0.15, 0.2) is 22.1 Å². The van der Waals surface area contributed by atoms with Crippen LogP contribution in [0.15, 0.2) is 15.9 Å². The van der Waals surface area contributed by atoms with E-state index in [2.05, 4.69) is 39.7 Å². The van der Waals surface area contributed by atoms with Crippen LogP contribution < -0.4 is 15.3 Å². The molecule has 1 saturated heterocycles. The van der Waals surface area contributed by atoms with Crippen LogP contribution in [0.25, 0.3) is 11.2 Å². The number of halogens is 1. The number of hydrogen-bond acceptors (Lipinski definition) is 12. The molecule has 3 rings (SSSR count). The van der Waals surface area contributed by atoms with Gasteiger partial charge < -0.3 is 39.1 Å². The number of imidazole rings is 1. The van der Waals surface area contributed by atoms with Gasteiger partial charge in [0.2, 0.25) is 0 Å². The molecule has 0 saturated carbocycles. The molecule has 2 aromatic heterocycles. The maximum absolute atomic E-state index is 11.8. The number of phosphoric ester groups is 1. The first-order valence-corrected chi connectivity index (χ1v) is 11.0. The lowest BCUT2D eigenvalue weighted by molar-refractivity contribution is -0.242. The van der Waals surface area contributed by atoms with Gasteiger partial charge in [0, 0.05) is 0 Å². The van der Waals surface area contributed by atoms with E-state index in [1.807, 2.05) is 0 Å². The monoisotopic (exact) mass is 504 g/mol. The Morgan fingerprint density at radius 2 is 2.04 bits per heavy atom. The Kier molecular flexibility index (Phi) is 5.93. The van der Waals surface area contributed by atoms with Gasteiger partial charge in [-0.3, -0.25) is 18.5 Å². The number of rotatable bonds is 6. The molecule has 18 heteroatoms. The van der Waals surface area contributed by atoms with E-state index >= 15 is 0 Å². The lowest BCUT2D eigenvalue weighted by atomic mass is 10.1. The zero-order chi connectivity index (χ0) is 20.9. The Morgan fingerprint density at radius 3 is 2.68 bits per heavy atom. The average Bonchev–Trinajstić information content (AvgIpc) is 3.02. The fourth-order valence-corrected chi connectivity index (χ4v) is 4.59.